The number of hydrogen-bond acceptors (Lipinski definition) is 1. The SMILES string of the molecule is O=Cc1ccccc1C=C(c1ccccc1)c1ccccc1. The van der Waals surface area contributed by atoms with E-state index in [1.165, 1.54) is 0 Å². The zero-order chi connectivity index (χ0) is 15.2. The molecule has 0 saturated heterocycles. The van der Waals surface area contributed by atoms with Crippen LogP contribution < -0.4 is 0 Å². The normalized spacial score (nSPS) is 10.0. The van der Waals surface area contributed by atoms with Gasteiger partial charge in [-0.3, -0.25) is 4.79 Å². The summed E-state index contributed by atoms with van der Waals surface area (Å²) in [4.78, 5) is 11.3. The monoisotopic (exact) mass is 284 g/mol. The first-order valence-electron chi connectivity index (χ1n) is 7.25. The number of hydrogen-bond donors (Lipinski definition) is 0. The summed E-state index contributed by atoms with van der Waals surface area (Å²) >= 11 is 0. The van der Waals surface area contributed by atoms with Crippen LogP contribution in [0.3, 0.4) is 0 Å². The van der Waals surface area contributed by atoms with E-state index in [0.717, 1.165) is 28.5 Å². The van der Waals surface area contributed by atoms with Crippen molar-refractivity contribution in [2.24, 2.45) is 0 Å². The molecule has 0 bridgehead atoms. The lowest BCUT2D eigenvalue weighted by Gasteiger charge is -2.09. The molecule has 0 atom stereocenters. The maximum atomic E-state index is 11.3. The quantitative estimate of drug-likeness (QED) is 0.482. The third-order valence-electron chi connectivity index (χ3n) is 3.59. The molecule has 3 rings (SSSR count). The Morgan fingerprint density at radius 1 is 0.591 bits per heavy atom. The number of carbonyl (C=O) groups is 1. The van der Waals surface area contributed by atoms with E-state index in [1.54, 1.807) is 0 Å². The molecule has 0 aliphatic carbocycles. The molecular weight excluding hydrogens is 268 g/mol. The molecule has 0 aliphatic heterocycles. The van der Waals surface area contributed by atoms with Crippen molar-refractivity contribution in [1.29, 1.82) is 0 Å². The molecule has 0 spiro atoms. The Bertz CT molecular complexity index is 745. The van der Waals surface area contributed by atoms with Gasteiger partial charge in [-0.05, 0) is 28.3 Å². The Balaban J connectivity index is 2.18. The molecule has 3 aromatic rings. The Kier molecular flexibility index (Phi) is 4.26. The summed E-state index contributed by atoms with van der Waals surface area (Å²) in [6, 6.07) is 28.1. The predicted molar refractivity (Wildman–Crippen MR) is 91.7 cm³/mol. The van der Waals surface area contributed by atoms with Crippen LogP contribution in [0.15, 0.2) is 84.9 Å². The lowest BCUT2D eigenvalue weighted by molar-refractivity contribution is 0.112. The average molecular weight is 284 g/mol. The minimum Gasteiger partial charge on any atom is -0.298 e. The molecule has 0 saturated carbocycles. The molecule has 0 unspecified atom stereocenters. The van der Waals surface area contributed by atoms with Crippen LogP contribution in [0.25, 0.3) is 11.6 Å². The first-order valence-corrected chi connectivity index (χ1v) is 7.25. The maximum absolute atomic E-state index is 11.3. The molecule has 0 heterocycles. The van der Waals surface area contributed by atoms with Crippen LogP contribution in [-0.4, -0.2) is 6.29 Å². The standard InChI is InChI=1S/C21H16O/c22-16-20-14-8-7-13-19(20)15-21(17-9-3-1-4-10-17)18-11-5-2-6-12-18/h1-16H. The maximum Gasteiger partial charge on any atom is 0.150 e. The summed E-state index contributed by atoms with van der Waals surface area (Å²) in [5, 5.41) is 0. The molecule has 3 aromatic carbocycles. The third-order valence-corrected chi connectivity index (χ3v) is 3.59. The summed E-state index contributed by atoms with van der Waals surface area (Å²) < 4.78 is 0. The molecule has 0 N–H and O–H groups in total. The van der Waals surface area contributed by atoms with Crippen molar-refractivity contribution in [1.82, 2.24) is 0 Å². The Morgan fingerprint density at radius 2 is 1.05 bits per heavy atom. The fourth-order valence-electron chi connectivity index (χ4n) is 2.47. The van der Waals surface area contributed by atoms with Gasteiger partial charge in [0.1, 0.15) is 0 Å². The summed E-state index contributed by atoms with van der Waals surface area (Å²) in [7, 11) is 0. The van der Waals surface area contributed by atoms with E-state index in [0.29, 0.717) is 5.56 Å². The highest BCUT2D eigenvalue weighted by atomic mass is 16.1. The van der Waals surface area contributed by atoms with E-state index in [1.807, 2.05) is 60.7 Å². The summed E-state index contributed by atoms with van der Waals surface area (Å²) in [6.45, 7) is 0. The van der Waals surface area contributed by atoms with Crippen LogP contribution in [-0.2, 0) is 0 Å². The van der Waals surface area contributed by atoms with Gasteiger partial charge in [0.25, 0.3) is 0 Å². The van der Waals surface area contributed by atoms with Gasteiger partial charge in [-0.2, -0.15) is 0 Å². The Morgan fingerprint density at radius 3 is 1.55 bits per heavy atom. The van der Waals surface area contributed by atoms with Gasteiger partial charge in [0.2, 0.25) is 0 Å². The van der Waals surface area contributed by atoms with Gasteiger partial charge in [-0.1, -0.05) is 84.9 Å². The highest BCUT2D eigenvalue weighted by Gasteiger charge is 2.06. The fourth-order valence-corrected chi connectivity index (χ4v) is 2.47. The van der Waals surface area contributed by atoms with E-state index in [4.69, 9.17) is 0 Å². The van der Waals surface area contributed by atoms with E-state index < -0.39 is 0 Å². The lowest BCUT2D eigenvalue weighted by Crippen LogP contribution is -1.90. The summed E-state index contributed by atoms with van der Waals surface area (Å²) in [5.74, 6) is 0. The van der Waals surface area contributed by atoms with Crippen LogP contribution in [0.4, 0.5) is 0 Å². The topological polar surface area (TPSA) is 17.1 Å². The number of rotatable bonds is 4. The zero-order valence-corrected chi connectivity index (χ0v) is 12.1. The molecular formula is C21H16O. The largest absolute Gasteiger partial charge is 0.298 e. The van der Waals surface area contributed by atoms with E-state index in [9.17, 15) is 4.79 Å². The number of aldehydes is 1. The van der Waals surface area contributed by atoms with Crippen molar-refractivity contribution in [3.63, 3.8) is 0 Å². The fraction of sp³-hybridized carbons (Fsp3) is 0. The average Bonchev–Trinajstić information content (AvgIpc) is 2.61. The molecule has 0 radical (unpaired) electrons. The molecule has 0 aromatic heterocycles. The van der Waals surface area contributed by atoms with Gasteiger partial charge >= 0.3 is 0 Å². The van der Waals surface area contributed by atoms with Gasteiger partial charge in [0, 0.05) is 5.56 Å². The van der Waals surface area contributed by atoms with Crippen LogP contribution in [0, 0.1) is 0 Å². The first kappa shape index (κ1) is 14.0. The van der Waals surface area contributed by atoms with E-state index >= 15 is 0 Å². The molecule has 106 valence electrons. The van der Waals surface area contributed by atoms with Crippen molar-refractivity contribution < 1.29 is 4.79 Å². The highest BCUT2D eigenvalue weighted by Crippen LogP contribution is 2.26. The van der Waals surface area contributed by atoms with Gasteiger partial charge in [-0.25, -0.2) is 0 Å². The van der Waals surface area contributed by atoms with Gasteiger partial charge in [0.05, 0.1) is 0 Å². The summed E-state index contributed by atoms with van der Waals surface area (Å²) in [6.07, 6.45) is 2.98. The van der Waals surface area contributed by atoms with Crippen molar-refractivity contribution in [3.8, 4) is 0 Å². The van der Waals surface area contributed by atoms with E-state index in [2.05, 4.69) is 30.3 Å². The third kappa shape index (κ3) is 3.04. The molecule has 0 aliphatic rings. The zero-order valence-electron chi connectivity index (χ0n) is 12.1. The summed E-state index contributed by atoms with van der Waals surface area (Å²) in [5.41, 5.74) is 5.01. The molecule has 1 nitrogen and oxygen atoms in total. The minimum atomic E-state index is 0.701. The van der Waals surface area contributed by atoms with Gasteiger partial charge in [0.15, 0.2) is 6.29 Å². The van der Waals surface area contributed by atoms with Crippen LogP contribution in [0.5, 0.6) is 0 Å². The Hall–Kier alpha value is -2.93. The molecule has 1 heteroatoms. The predicted octanol–water partition coefficient (Wildman–Crippen LogP) is 5.09. The lowest BCUT2D eigenvalue weighted by atomic mass is 9.94. The highest BCUT2D eigenvalue weighted by molar-refractivity contribution is 5.94. The van der Waals surface area contributed by atoms with E-state index in [-0.39, 0.29) is 0 Å². The van der Waals surface area contributed by atoms with Crippen LogP contribution in [0.2, 0.25) is 0 Å². The van der Waals surface area contributed by atoms with Crippen LogP contribution in [0.1, 0.15) is 27.0 Å². The van der Waals surface area contributed by atoms with Gasteiger partial charge < -0.3 is 0 Å². The number of carbonyl (C=O) groups excluding carboxylic acids is 1. The smallest absolute Gasteiger partial charge is 0.150 e. The van der Waals surface area contributed by atoms with Crippen molar-refractivity contribution >= 4 is 17.9 Å². The minimum absolute atomic E-state index is 0.701. The Labute approximate surface area is 130 Å². The second kappa shape index (κ2) is 6.68. The van der Waals surface area contributed by atoms with Crippen molar-refractivity contribution in [2.45, 2.75) is 0 Å². The second-order valence-electron chi connectivity index (χ2n) is 5.04. The van der Waals surface area contributed by atoms with Crippen molar-refractivity contribution in [3.05, 3.63) is 107 Å². The van der Waals surface area contributed by atoms with Crippen molar-refractivity contribution in [2.75, 3.05) is 0 Å². The molecule has 0 fully saturated rings. The second-order valence-corrected chi connectivity index (χ2v) is 5.04. The molecule has 22 heavy (non-hydrogen) atoms. The van der Waals surface area contributed by atoms with Gasteiger partial charge in [-0.15, -0.1) is 0 Å². The number of benzene rings is 3. The first-order chi connectivity index (χ1) is 10.9. The molecule has 0 amide bonds. The van der Waals surface area contributed by atoms with Crippen LogP contribution >= 0.6 is 0 Å².